The van der Waals surface area contributed by atoms with Crippen LogP contribution in [0.1, 0.15) is 11.1 Å². The van der Waals surface area contributed by atoms with Crippen LogP contribution in [0, 0.1) is 0 Å². The second-order valence-electron chi connectivity index (χ2n) is 5.97. The minimum absolute atomic E-state index is 0.155. The van der Waals surface area contributed by atoms with Crippen LogP contribution in [0.3, 0.4) is 0 Å². The topological polar surface area (TPSA) is 58.7 Å². The van der Waals surface area contributed by atoms with Gasteiger partial charge in [-0.15, -0.1) is 0 Å². The molecular formula is C22H17N3O. The zero-order chi connectivity index (χ0) is 17.9. The molecule has 3 aromatic rings. The van der Waals surface area contributed by atoms with Gasteiger partial charge in [-0.25, -0.2) is 4.99 Å². The summed E-state index contributed by atoms with van der Waals surface area (Å²) in [4.78, 5) is 19.4. The highest BCUT2D eigenvalue weighted by Crippen LogP contribution is 2.28. The van der Waals surface area contributed by atoms with E-state index in [9.17, 15) is 4.79 Å². The molecule has 1 aliphatic rings. The molecule has 0 fully saturated rings. The Hall–Kier alpha value is -3.66. The Kier molecular flexibility index (Phi) is 4.07. The fourth-order valence-corrected chi connectivity index (χ4v) is 2.87. The van der Waals surface area contributed by atoms with Crippen LogP contribution < -0.4 is 10.6 Å². The summed E-state index contributed by atoms with van der Waals surface area (Å²) in [5, 5.41) is 0. The molecule has 0 spiro atoms. The number of benzene rings is 3. The summed E-state index contributed by atoms with van der Waals surface area (Å²) in [6, 6.07) is 26.6. The minimum atomic E-state index is -0.155. The standard InChI is InChI=1S/C22H17N3O/c23-18-11-13-19(14-12-18)25-21(17-9-5-2-6-10-17)24-20(22(25)26)15-16-7-3-1-4-8-16/h1-15H,23H2/b20-15+. The van der Waals surface area contributed by atoms with E-state index < -0.39 is 0 Å². The molecule has 0 saturated carbocycles. The van der Waals surface area contributed by atoms with E-state index >= 15 is 0 Å². The van der Waals surface area contributed by atoms with Gasteiger partial charge in [0.2, 0.25) is 0 Å². The average Bonchev–Trinajstić information content (AvgIpc) is 3.00. The number of anilines is 2. The highest BCUT2D eigenvalue weighted by molar-refractivity contribution is 6.33. The van der Waals surface area contributed by atoms with Crippen LogP contribution in [0.5, 0.6) is 0 Å². The average molecular weight is 339 g/mol. The van der Waals surface area contributed by atoms with Gasteiger partial charge in [0.15, 0.2) is 0 Å². The van der Waals surface area contributed by atoms with Crippen molar-refractivity contribution in [2.75, 3.05) is 10.6 Å². The predicted octanol–water partition coefficient (Wildman–Crippen LogP) is 4.10. The van der Waals surface area contributed by atoms with Crippen molar-refractivity contribution in [3.8, 4) is 0 Å². The van der Waals surface area contributed by atoms with Gasteiger partial charge >= 0.3 is 0 Å². The first kappa shape index (κ1) is 15.8. The summed E-state index contributed by atoms with van der Waals surface area (Å²) >= 11 is 0. The third kappa shape index (κ3) is 3.00. The molecule has 4 rings (SSSR count). The highest BCUT2D eigenvalue weighted by Gasteiger charge is 2.32. The number of amides is 1. The summed E-state index contributed by atoms with van der Waals surface area (Å²) in [5.41, 5.74) is 9.41. The van der Waals surface area contributed by atoms with Crippen molar-refractivity contribution in [2.24, 2.45) is 4.99 Å². The van der Waals surface area contributed by atoms with Crippen molar-refractivity contribution in [3.05, 3.63) is 102 Å². The number of amidine groups is 1. The fourth-order valence-electron chi connectivity index (χ4n) is 2.87. The smallest absolute Gasteiger partial charge is 0.282 e. The summed E-state index contributed by atoms with van der Waals surface area (Å²) in [6.07, 6.45) is 1.81. The molecule has 0 radical (unpaired) electrons. The van der Waals surface area contributed by atoms with Crippen molar-refractivity contribution in [3.63, 3.8) is 0 Å². The summed E-state index contributed by atoms with van der Waals surface area (Å²) in [7, 11) is 0. The number of carbonyl (C=O) groups excluding carboxylic acids is 1. The van der Waals surface area contributed by atoms with Crippen LogP contribution in [0.4, 0.5) is 11.4 Å². The fraction of sp³-hybridized carbons (Fsp3) is 0. The van der Waals surface area contributed by atoms with Crippen LogP contribution in [0.2, 0.25) is 0 Å². The lowest BCUT2D eigenvalue weighted by molar-refractivity contribution is -0.113. The molecule has 0 unspecified atom stereocenters. The van der Waals surface area contributed by atoms with Gasteiger partial charge in [0.25, 0.3) is 5.91 Å². The SMILES string of the molecule is Nc1ccc(N2C(=O)/C(=C\c3ccccc3)N=C2c2ccccc2)cc1. The van der Waals surface area contributed by atoms with Crippen molar-refractivity contribution in [1.82, 2.24) is 0 Å². The molecule has 0 aliphatic carbocycles. The van der Waals surface area contributed by atoms with Gasteiger partial charge in [-0.05, 0) is 35.9 Å². The number of nitrogens with zero attached hydrogens (tertiary/aromatic N) is 2. The number of rotatable bonds is 3. The van der Waals surface area contributed by atoms with E-state index in [2.05, 4.69) is 4.99 Å². The number of aliphatic imine (C=N–C) groups is 1. The van der Waals surface area contributed by atoms with Gasteiger partial charge in [0, 0.05) is 11.3 Å². The normalized spacial score (nSPS) is 15.4. The quantitative estimate of drug-likeness (QED) is 0.577. The molecule has 1 aliphatic heterocycles. The van der Waals surface area contributed by atoms with E-state index in [1.807, 2.05) is 78.9 Å². The number of hydrogen-bond donors (Lipinski definition) is 1. The van der Waals surface area contributed by atoms with Crippen molar-refractivity contribution >= 4 is 29.2 Å². The van der Waals surface area contributed by atoms with Crippen molar-refractivity contribution in [1.29, 1.82) is 0 Å². The Balaban J connectivity index is 1.82. The molecule has 26 heavy (non-hydrogen) atoms. The van der Waals surface area contributed by atoms with Crippen LogP contribution in [-0.2, 0) is 4.79 Å². The lowest BCUT2D eigenvalue weighted by Crippen LogP contribution is -2.32. The number of nitrogen functional groups attached to an aromatic ring is 1. The summed E-state index contributed by atoms with van der Waals surface area (Å²) < 4.78 is 0. The Morgan fingerprint density at radius 3 is 2.08 bits per heavy atom. The Labute approximate surface area is 151 Å². The van der Waals surface area contributed by atoms with Crippen LogP contribution in [-0.4, -0.2) is 11.7 Å². The first-order valence-corrected chi connectivity index (χ1v) is 8.33. The van der Waals surface area contributed by atoms with E-state index in [4.69, 9.17) is 5.73 Å². The van der Waals surface area contributed by atoms with Gasteiger partial charge in [-0.3, -0.25) is 9.69 Å². The molecule has 0 aromatic heterocycles. The van der Waals surface area contributed by atoms with Crippen LogP contribution in [0.15, 0.2) is 95.6 Å². The van der Waals surface area contributed by atoms with Gasteiger partial charge < -0.3 is 5.73 Å². The molecule has 0 atom stereocenters. The molecule has 3 aromatic carbocycles. The largest absolute Gasteiger partial charge is 0.399 e. The maximum absolute atomic E-state index is 13.1. The third-order valence-corrected chi connectivity index (χ3v) is 4.15. The predicted molar refractivity (Wildman–Crippen MR) is 106 cm³/mol. The Morgan fingerprint density at radius 1 is 0.808 bits per heavy atom. The number of carbonyl (C=O) groups is 1. The van der Waals surface area contributed by atoms with E-state index in [1.54, 1.807) is 17.0 Å². The zero-order valence-corrected chi connectivity index (χ0v) is 14.0. The molecule has 2 N–H and O–H groups in total. The Morgan fingerprint density at radius 2 is 1.42 bits per heavy atom. The highest BCUT2D eigenvalue weighted by atomic mass is 16.2. The molecular weight excluding hydrogens is 322 g/mol. The number of hydrogen-bond acceptors (Lipinski definition) is 3. The maximum atomic E-state index is 13.1. The number of nitrogens with two attached hydrogens (primary N) is 1. The second kappa shape index (κ2) is 6.69. The maximum Gasteiger partial charge on any atom is 0.282 e. The lowest BCUT2D eigenvalue weighted by Gasteiger charge is -2.18. The monoisotopic (exact) mass is 339 g/mol. The van der Waals surface area contributed by atoms with E-state index in [0.29, 0.717) is 17.2 Å². The van der Waals surface area contributed by atoms with Crippen LogP contribution >= 0.6 is 0 Å². The van der Waals surface area contributed by atoms with Crippen molar-refractivity contribution < 1.29 is 4.79 Å². The zero-order valence-electron chi connectivity index (χ0n) is 14.0. The molecule has 4 nitrogen and oxygen atoms in total. The van der Waals surface area contributed by atoms with Gasteiger partial charge in [0.05, 0.1) is 5.69 Å². The van der Waals surface area contributed by atoms with E-state index in [1.165, 1.54) is 0 Å². The third-order valence-electron chi connectivity index (χ3n) is 4.15. The molecule has 4 heteroatoms. The first-order chi connectivity index (χ1) is 12.7. The lowest BCUT2D eigenvalue weighted by atomic mass is 10.1. The molecule has 0 bridgehead atoms. The molecule has 0 saturated heterocycles. The molecule has 126 valence electrons. The second-order valence-corrected chi connectivity index (χ2v) is 5.97. The molecule has 1 heterocycles. The van der Waals surface area contributed by atoms with E-state index in [-0.39, 0.29) is 5.91 Å². The summed E-state index contributed by atoms with van der Waals surface area (Å²) in [6.45, 7) is 0. The van der Waals surface area contributed by atoms with Crippen LogP contribution in [0.25, 0.3) is 6.08 Å². The van der Waals surface area contributed by atoms with Gasteiger partial charge in [-0.1, -0.05) is 60.7 Å². The Bertz CT molecular complexity index is 991. The molecule has 1 amide bonds. The van der Waals surface area contributed by atoms with Gasteiger partial charge in [-0.2, -0.15) is 0 Å². The van der Waals surface area contributed by atoms with Crippen molar-refractivity contribution in [2.45, 2.75) is 0 Å². The van der Waals surface area contributed by atoms with Gasteiger partial charge in [0.1, 0.15) is 11.5 Å². The minimum Gasteiger partial charge on any atom is -0.399 e. The summed E-state index contributed by atoms with van der Waals surface area (Å²) in [5.74, 6) is 0.458. The first-order valence-electron chi connectivity index (χ1n) is 8.33. The van der Waals surface area contributed by atoms with E-state index in [0.717, 1.165) is 16.8 Å².